The molecule has 6 N–H and O–H groups in total. The first-order valence-corrected chi connectivity index (χ1v) is 11.9. The van der Waals surface area contributed by atoms with Crippen LogP contribution in [0.3, 0.4) is 0 Å². The summed E-state index contributed by atoms with van der Waals surface area (Å²) in [5, 5.41) is 23.8. The molecule has 1 heterocycles. The largest absolute Gasteiger partial charge is 0.508 e. The van der Waals surface area contributed by atoms with E-state index in [-0.39, 0.29) is 18.1 Å². The van der Waals surface area contributed by atoms with Crippen molar-refractivity contribution < 1.29 is 29.4 Å². The van der Waals surface area contributed by atoms with Gasteiger partial charge in [-0.15, -0.1) is 0 Å². The first-order valence-electron chi connectivity index (χ1n) is 11.9. The van der Waals surface area contributed by atoms with E-state index in [1.165, 1.54) is 24.0 Å². The molecule has 0 bridgehead atoms. The predicted molar refractivity (Wildman–Crippen MR) is 132 cm³/mol. The Kier molecular flexibility index (Phi) is 9.02. The number of rotatable bonds is 10. The molecule has 3 rings (SSSR count). The summed E-state index contributed by atoms with van der Waals surface area (Å²) in [4.78, 5) is 51.9. The molecule has 0 aromatic heterocycles. The minimum absolute atomic E-state index is 0.0511. The van der Waals surface area contributed by atoms with Crippen LogP contribution < -0.4 is 16.4 Å². The SMILES string of the molecule is CC(NC(=O)C(Cc1ccc(O)cc1)NC(=O)C1CCCN1C(=O)C(N)Cc1ccccc1)C(=O)O. The summed E-state index contributed by atoms with van der Waals surface area (Å²) in [6.07, 6.45) is 1.45. The van der Waals surface area contributed by atoms with Crippen molar-refractivity contribution in [2.24, 2.45) is 5.73 Å². The number of carbonyl (C=O) groups is 4. The van der Waals surface area contributed by atoms with Crippen LogP contribution >= 0.6 is 0 Å². The van der Waals surface area contributed by atoms with Crippen molar-refractivity contribution in [1.29, 1.82) is 0 Å². The molecule has 2 aromatic carbocycles. The maximum absolute atomic E-state index is 13.2. The summed E-state index contributed by atoms with van der Waals surface area (Å²) in [5.74, 6) is -2.67. The van der Waals surface area contributed by atoms with Crippen molar-refractivity contribution >= 4 is 23.7 Å². The van der Waals surface area contributed by atoms with E-state index in [2.05, 4.69) is 10.6 Å². The van der Waals surface area contributed by atoms with Crippen LogP contribution in [0, 0.1) is 0 Å². The fourth-order valence-corrected chi connectivity index (χ4v) is 4.19. The molecular formula is C26H32N4O6. The maximum Gasteiger partial charge on any atom is 0.325 e. The maximum atomic E-state index is 13.2. The highest BCUT2D eigenvalue weighted by Gasteiger charge is 2.37. The summed E-state index contributed by atoms with van der Waals surface area (Å²) in [7, 11) is 0. The van der Waals surface area contributed by atoms with E-state index in [4.69, 9.17) is 10.8 Å². The van der Waals surface area contributed by atoms with Gasteiger partial charge in [-0.1, -0.05) is 42.5 Å². The first kappa shape index (κ1) is 26.7. The number of hydrogen-bond donors (Lipinski definition) is 5. The van der Waals surface area contributed by atoms with Crippen LogP contribution in [-0.4, -0.2) is 69.5 Å². The highest BCUT2D eigenvalue weighted by atomic mass is 16.4. The quantitative estimate of drug-likeness (QED) is 0.321. The molecule has 0 radical (unpaired) electrons. The molecule has 1 aliphatic rings. The molecule has 10 nitrogen and oxygen atoms in total. The number of benzene rings is 2. The van der Waals surface area contributed by atoms with Gasteiger partial charge in [0, 0.05) is 13.0 Å². The molecule has 192 valence electrons. The average molecular weight is 497 g/mol. The van der Waals surface area contributed by atoms with E-state index < -0.39 is 42.0 Å². The lowest BCUT2D eigenvalue weighted by atomic mass is 10.0. The van der Waals surface area contributed by atoms with Crippen molar-refractivity contribution in [3.05, 3.63) is 65.7 Å². The zero-order chi connectivity index (χ0) is 26.2. The Bertz CT molecular complexity index is 1080. The number of phenols is 1. The minimum atomic E-state index is -1.21. The number of phenolic OH excluding ortho intramolecular Hbond substituents is 1. The van der Waals surface area contributed by atoms with Crippen molar-refractivity contribution in [3.63, 3.8) is 0 Å². The van der Waals surface area contributed by atoms with Crippen molar-refractivity contribution in [2.75, 3.05) is 6.54 Å². The van der Waals surface area contributed by atoms with Gasteiger partial charge in [-0.3, -0.25) is 19.2 Å². The van der Waals surface area contributed by atoms with Gasteiger partial charge in [0.2, 0.25) is 17.7 Å². The van der Waals surface area contributed by atoms with Crippen molar-refractivity contribution in [1.82, 2.24) is 15.5 Å². The Labute approximate surface area is 209 Å². The van der Waals surface area contributed by atoms with Crippen LogP contribution in [0.25, 0.3) is 0 Å². The molecule has 1 fully saturated rings. The number of likely N-dealkylation sites (tertiary alicyclic amines) is 1. The Morgan fingerprint density at radius 1 is 1.00 bits per heavy atom. The monoisotopic (exact) mass is 496 g/mol. The van der Waals surface area contributed by atoms with Gasteiger partial charge in [-0.05, 0) is 49.4 Å². The molecule has 4 unspecified atom stereocenters. The van der Waals surface area contributed by atoms with Gasteiger partial charge in [-0.25, -0.2) is 0 Å². The fourth-order valence-electron chi connectivity index (χ4n) is 4.19. The van der Waals surface area contributed by atoms with Gasteiger partial charge in [-0.2, -0.15) is 0 Å². The number of aliphatic carboxylic acids is 1. The van der Waals surface area contributed by atoms with E-state index in [0.717, 1.165) is 5.56 Å². The Morgan fingerprint density at radius 2 is 1.64 bits per heavy atom. The molecular weight excluding hydrogens is 464 g/mol. The summed E-state index contributed by atoms with van der Waals surface area (Å²) in [5.41, 5.74) is 7.74. The third-order valence-corrected chi connectivity index (χ3v) is 6.19. The summed E-state index contributed by atoms with van der Waals surface area (Å²) in [6.45, 7) is 1.70. The topological polar surface area (TPSA) is 162 Å². The molecule has 0 saturated carbocycles. The Morgan fingerprint density at radius 3 is 2.28 bits per heavy atom. The minimum Gasteiger partial charge on any atom is -0.508 e. The van der Waals surface area contributed by atoms with Gasteiger partial charge in [0.1, 0.15) is 23.9 Å². The number of nitrogens with one attached hydrogen (secondary N) is 2. The number of nitrogens with zero attached hydrogens (tertiary/aromatic N) is 1. The number of hydrogen-bond acceptors (Lipinski definition) is 6. The Balaban J connectivity index is 1.71. The number of aromatic hydroxyl groups is 1. The zero-order valence-electron chi connectivity index (χ0n) is 20.1. The smallest absolute Gasteiger partial charge is 0.325 e. The van der Waals surface area contributed by atoms with Crippen molar-refractivity contribution in [2.45, 2.75) is 56.8 Å². The summed E-state index contributed by atoms with van der Waals surface area (Å²) in [6, 6.07) is 11.7. The van der Waals surface area contributed by atoms with Crippen LogP contribution in [0.5, 0.6) is 5.75 Å². The van der Waals surface area contributed by atoms with E-state index in [0.29, 0.717) is 31.4 Å². The third-order valence-electron chi connectivity index (χ3n) is 6.19. The second kappa shape index (κ2) is 12.2. The van der Waals surface area contributed by atoms with Gasteiger partial charge in [0.05, 0.1) is 6.04 Å². The number of carbonyl (C=O) groups excluding carboxylic acids is 3. The molecule has 0 aliphatic carbocycles. The molecule has 2 aromatic rings. The average Bonchev–Trinajstić information content (AvgIpc) is 3.35. The van der Waals surface area contributed by atoms with E-state index in [9.17, 15) is 24.3 Å². The first-order chi connectivity index (χ1) is 17.2. The predicted octanol–water partition coefficient (Wildman–Crippen LogP) is 0.570. The summed E-state index contributed by atoms with van der Waals surface area (Å²) < 4.78 is 0. The lowest BCUT2D eigenvalue weighted by Gasteiger charge is -2.28. The van der Waals surface area contributed by atoms with Crippen LogP contribution in [0.2, 0.25) is 0 Å². The van der Waals surface area contributed by atoms with Crippen LogP contribution in [-0.2, 0) is 32.0 Å². The molecule has 10 heteroatoms. The molecule has 0 spiro atoms. The van der Waals surface area contributed by atoms with Gasteiger partial charge in [0.25, 0.3) is 0 Å². The molecule has 4 atom stereocenters. The number of carboxylic acids is 1. The number of carboxylic acid groups (broad SMARTS) is 1. The third kappa shape index (κ3) is 7.05. The molecule has 1 saturated heterocycles. The second-order valence-electron chi connectivity index (χ2n) is 8.99. The zero-order valence-corrected chi connectivity index (χ0v) is 20.1. The number of amides is 3. The van der Waals surface area contributed by atoms with Crippen LogP contribution in [0.4, 0.5) is 0 Å². The van der Waals surface area contributed by atoms with E-state index in [1.54, 1.807) is 12.1 Å². The van der Waals surface area contributed by atoms with Gasteiger partial charge >= 0.3 is 5.97 Å². The van der Waals surface area contributed by atoms with E-state index >= 15 is 0 Å². The van der Waals surface area contributed by atoms with E-state index in [1.807, 2.05) is 30.3 Å². The molecule has 3 amide bonds. The molecule has 36 heavy (non-hydrogen) atoms. The standard InChI is InChI=1S/C26H32N4O6/c1-16(26(35)36)28-23(32)21(15-18-9-11-19(31)12-10-18)29-24(33)22-8-5-13-30(22)25(34)20(27)14-17-6-3-2-4-7-17/h2-4,6-7,9-12,16,20-22,31H,5,8,13-15,27H2,1H3,(H,28,32)(H,29,33)(H,35,36). The van der Waals surface area contributed by atoms with Crippen LogP contribution in [0.15, 0.2) is 54.6 Å². The Hall–Kier alpha value is -3.92. The van der Waals surface area contributed by atoms with Gasteiger partial charge in [0.15, 0.2) is 0 Å². The second-order valence-corrected chi connectivity index (χ2v) is 8.99. The lowest BCUT2D eigenvalue weighted by molar-refractivity contribution is -0.142. The van der Waals surface area contributed by atoms with Gasteiger partial charge < -0.3 is 31.5 Å². The number of nitrogens with two attached hydrogens (primary N) is 1. The van der Waals surface area contributed by atoms with Crippen molar-refractivity contribution in [3.8, 4) is 5.75 Å². The fraction of sp³-hybridized carbons (Fsp3) is 0.385. The van der Waals surface area contributed by atoms with Crippen LogP contribution in [0.1, 0.15) is 30.9 Å². The molecule has 1 aliphatic heterocycles. The summed E-state index contributed by atoms with van der Waals surface area (Å²) >= 11 is 0. The normalized spacial score (nSPS) is 17.6. The lowest BCUT2D eigenvalue weighted by Crippen LogP contribution is -2.57. The highest BCUT2D eigenvalue weighted by molar-refractivity contribution is 5.94. The highest BCUT2D eigenvalue weighted by Crippen LogP contribution is 2.20.